The highest BCUT2D eigenvalue weighted by molar-refractivity contribution is 6.04. The molecule has 2 amide bonds. The average Bonchev–Trinajstić information content (AvgIpc) is 3.01. The van der Waals surface area contributed by atoms with E-state index in [1.165, 1.54) is 23.3 Å². The third-order valence-corrected chi connectivity index (χ3v) is 5.11. The Morgan fingerprint density at radius 2 is 1.86 bits per heavy atom. The van der Waals surface area contributed by atoms with Crippen molar-refractivity contribution in [3.05, 3.63) is 29.8 Å². The maximum Gasteiger partial charge on any atom is 0.247 e. The van der Waals surface area contributed by atoms with Gasteiger partial charge in [-0.15, -0.1) is 0 Å². The van der Waals surface area contributed by atoms with Crippen LogP contribution in [-0.4, -0.2) is 43.4 Å². The number of likely N-dealkylation sites (N-methyl/N-ethyl adjacent to an activating group) is 1. The first-order chi connectivity index (χ1) is 10.6. The second-order valence-corrected chi connectivity index (χ2v) is 6.47. The molecule has 2 N–H and O–H groups in total. The van der Waals surface area contributed by atoms with E-state index in [-0.39, 0.29) is 30.3 Å². The largest absolute Gasteiger partial charge is 0.335 e. The van der Waals surface area contributed by atoms with Crippen molar-refractivity contribution in [2.75, 3.05) is 31.6 Å². The second kappa shape index (κ2) is 5.72. The van der Waals surface area contributed by atoms with Gasteiger partial charge in [-0.1, -0.05) is 25.0 Å². The molecule has 1 heterocycles. The summed E-state index contributed by atoms with van der Waals surface area (Å²) in [6.07, 6.45) is 4.60. The van der Waals surface area contributed by atoms with Gasteiger partial charge in [-0.2, -0.15) is 0 Å². The topological polar surface area (TPSA) is 66.6 Å². The van der Waals surface area contributed by atoms with Crippen LogP contribution < -0.4 is 10.6 Å². The van der Waals surface area contributed by atoms with Gasteiger partial charge in [-0.25, -0.2) is 0 Å². The molecule has 5 nitrogen and oxygen atoms in total. The van der Waals surface area contributed by atoms with Gasteiger partial charge >= 0.3 is 0 Å². The number of amides is 2. The molecule has 2 fully saturated rings. The fourth-order valence-electron chi connectivity index (χ4n) is 3.62. The summed E-state index contributed by atoms with van der Waals surface area (Å²) in [6.45, 7) is 0.894. The Morgan fingerprint density at radius 1 is 1.14 bits per heavy atom. The van der Waals surface area contributed by atoms with Crippen molar-refractivity contribution in [3.8, 4) is 0 Å². The van der Waals surface area contributed by atoms with Crippen molar-refractivity contribution in [1.29, 1.82) is 0 Å². The molecule has 0 aromatic heterocycles. The minimum atomic E-state index is -0.0347. The smallest absolute Gasteiger partial charge is 0.247 e. The summed E-state index contributed by atoms with van der Waals surface area (Å²) in [6, 6.07) is 8.02. The van der Waals surface area contributed by atoms with Crippen LogP contribution in [0.4, 0.5) is 5.69 Å². The molecule has 1 saturated heterocycles. The average molecular weight is 301 g/mol. The standard InChI is InChI=1S/C17H23N3O2/c1-19-10-16(22)20(11-15(19)21)14-6-4-5-13(9-14)17(12-18)7-2-3-8-17/h4-6,9H,2-3,7-8,10-12,18H2,1H3. The van der Waals surface area contributed by atoms with Gasteiger partial charge in [0.2, 0.25) is 11.8 Å². The lowest BCUT2D eigenvalue weighted by Gasteiger charge is -2.33. The van der Waals surface area contributed by atoms with Crippen molar-refractivity contribution < 1.29 is 9.59 Å². The van der Waals surface area contributed by atoms with Crippen LogP contribution in [0.1, 0.15) is 31.2 Å². The summed E-state index contributed by atoms with van der Waals surface area (Å²) in [7, 11) is 1.66. The molecular formula is C17H23N3O2. The number of benzene rings is 1. The first-order valence-corrected chi connectivity index (χ1v) is 7.91. The lowest BCUT2D eigenvalue weighted by atomic mass is 9.79. The van der Waals surface area contributed by atoms with Crippen molar-refractivity contribution >= 4 is 17.5 Å². The molecule has 1 saturated carbocycles. The molecule has 118 valence electrons. The van der Waals surface area contributed by atoms with E-state index in [9.17, 15) is 9.59 Å². The lowest BCUT2D eigenvalue weighted by molar-refractivity contribution is -0.136. The van der Waals surface area contributed by atoms with Gasteiger partial charge in [0.1, 0.15) is 6.54 Å². The van der Waals surface area contributed by atoms with E-state index in [1.54, 1.807) is 11.9 Å². The molecule has 1 aliphatic heterocycles. The summed E-state index contributed by atoms with van der Waals surface area (Å²) in [5.74, 6) is -0.0631. The minimum absolute atomic E-state index is 0.0283. The van der Waals surface area contributed by atoms with Gasteiger partial charge in [0.05, 0.1) is 6.54 Å². The van der Waals surface area contributed by atoms with Crippen LogP contribution in [0.25, 0.3) is 0 Å². The molecule has 5 heteroatoms. The van der Waals surface area contributed by atoms with Crippen molar-refractivity contribution in [2.24, 2.45) is 5.73 Å². The normalized spacial score (nSPS) is 21.5. The number of hydrogen-bond donors (Lipinski definition) is 1. The van der Waals surface area contributed by atoms with Crippen molar-refractivity contribution in [3.63, 3.8) is 0 Å². The van der Waals surface area contributed by atoms with Crippen molar-refractivity contribution in [1.82, 2.24) is 4.90 Å². The van der Waals surface area contributed by atoms with Gasteiger partial charge in [-0.3, -0.25) is 9.59 Å². The van der Waals surface area contributed by atoms with Crippen molar-refractivity contribution in [2.45, 2.75) is 31.1 Å². The third kappa shape index (κ3) is 2.50. The summed E-state index contributed by atoms with van der Waals surface area (Å²) < 4.78 is 0. The number of carbonyl (C=O) groups excluding carboxylic acids is 2. The summed E-state index contributed by atoms with van der Waals surface area (Å²) >= 11 is 0. The van der Waals surface area contributed by atoms with Gasteiger partial charge in [-0.05, 0) is 30.5 Å². The van der Waals surface area contributed by atoms with E-state index in [0.717, 1.165) is 18.5 Å². The molecule has 1 aromatic carbocycles. The number of rotatable bonds is 3. The van der Waals surface area contributed by atoms with Crippen LogP contribution in [0.3, 0.4) is 0 Å². The Hall–Kier alpha value is -1.88. The number of anilines is 1. The minimum Gasteiger partial charge on any atom is -0.335 e. The zero-order valence-electron chi connectivity index (χ0n) is 13.0. The molecule has 2 aliphatic rings. The summed E-state index contributed by atoms with van der Waals surface area (Å²) in [5.41, 5.74) is 8.10. The molecule has 0 spiro atoms. The zero-order valence-corrected chi connectivity index (χ0v) is 13.0. The maximum absolute atomic E-state index is 12.2. The van der Waals surface area contributed by atoms with E-state index in [4.69, 9.17) is 5.73 Å². The maximum atomic E-state index is 12.2. The molecule has 0 unspecified atom stereocenters. The fraction of sp³-hybridized carbons (Fsp3) is 0.529. The number of hydrogen-bond acceptors (Lipinski definition) is 3. The number of nitrogens with two attached hydrogens (primary N) is 1. The monoisotopic (exact) mass is 301 g/mol. The third-order valence-electron chi connectivity index (χ3n) is 5.11. The molecule has 0 atom stereocenters. The highest BCUT2D eigenvalue weighted by Crippen LogP contribution is 2.41. The van der Waals surface area contributed by atoms with Crippen LogP contribution in [-0.2, 0) is 15.0 Å². The number of carbonyl (C=O) groups is 2. The summed E-state index contributed by atoms with van der Waals surface area (Å²) in [4.78, 5) is 27.2. The summed E-state index contributed by atoms with van der Waals surface area (Å²) in [5, 5.41) is 0. The van der Waals surface area contributed by atoms with Gasteiger partial charge in [0.15, 0.2) is 0 Å². The van der Waals surface area contributed by atoms with Crippen LogP contribution >= 0.6 is 0 Å². The van der Waals surface area contributed by atoms with E-state index in [2.05, 4.69) is 12.1 Å². The molecule has 3 rings (SSSR count). The quantitative estimate of drug-likeness (QED) is 0.914. The first kappa shape index (κ1) is 15.0. The van der Waals surface area contributed by atoms with Crippen LogP contribution in [0.15, 0.2) is 24.3 Å². The molecule has 1 aliphatic carbocycles. The highest BCUT2D eigenvalue weighted by Gasteiger charge is 2.35. The van der Waals surface area contributed by atoms with E-state index in [1.807, 2.05) is 12.1 Å². The van der Waals surface area contributed by atoms with Gasteiger partial charge in [0.25, 0.3) is 0 Å². The molecular weight excluding hydrogens is 278 g/mol. The second-order valence-electron chi connectivity index (χ2n) is 6.47. The van der Waals surface area contributed by atoms with Crippen LogP contribution in [0.2, 0.25) is 0 Å². The Kier molecular flexibility index (Phi) is 3.91. The van der Waals surface area contributed by atoms with Gasteiger partial charge in [0, 0.05) is 24.7 Å². The Bertz CT molecular complexity index is 593. The Balaban J connectivity index is 1.91. The predicted molar refractivity (Wildman–Crippen MR) is 85.6 cm³/mol. The Morgan fingerprint density at radius 3 is 2.55 bits per heavy atom. The molecule has 0 bridgehead atoms. The zero-order chi connectivity index (χ0) is 15.7. The Labute approximate surface area is 131 Å². The molecule has 0 radical (unpaired) electrons. The highest BCUT2D eigenvalue weighted by atomic mass is 16.2. The van der Waals surface area contributed by atoms with Gasteiger partial charge < -0.3 is 15.5 Å². The number of nitrogens with zero attached hydrogens (tertiary/aromatic N) is 2. The van der Waals surface area contributed by atoms with Crippen LogP contribution in [0, 0.1) is 0 Å². The molecule has 22 heavy (non-hydrogen) atoms. The van der Waals surface area contributed by atoms with Crippen LogP contribution in [0.5, 0.6) is 0 Å². The van der Waals surface area contributed by atoms with E-state index >= 15 is 0 Å². The fourth-order valence-corrected chi connectivity index (χ4v) is 3.62. The predicted octanol–water partition coefficient (Wildman–Crippen LogP) is 1.26. The van der Waals surface area contributed by atoms with E-state index < -0.39 is 0 Å². The van der Waals surface area contributed by atoms with E-state index in [0.29, 0.717) is 6.54 Å². The SMILES string of the molecule is CN1CC(=O)N(c2cccc(C3(CN)CCCC3)c2)CC1=O. The molecule has 1 aromatic rings. The first-order valence-electron chi connectivity index (χ1n) is 7.91. The lowest BCUT2D eigenvalue weighted by Crippen LogP contribution is -2.52. The number of piperazine rings is 1.